The fraction of sp³-hybridized carbons (Fsp3) is 0.417. The zero-order chi connectivity index (χ0) is 15.4. The van der Waals surface area contributed by atoms with Crippen LogP contribution in [0.4, 0.5) is 4.79 Å². The van der Waals surface area contributed by atoms with Crippen molar-refractivity contribution >= 4 is 16.3 Å². The van der Waals surface area contributed by atoms with Crippen LogP contribution in [-0.4, -0.2) is 57.9 Å². The Hall–Kier alpha value is -1.64. The fourth-order valence-corrected chi connectivity index (χ4v) is 1.67. The standard InChI is InChI=1S/C12H17NO6S/c1-13(2,3)8-9-18-12(14)19-10-4-6-11(7-5-10)20(15,16)17/h4-7H,8-9H2,1-3H3. The molecule has 7 nitrogen and oxygen atoms in total. The summed E-state index contributed by atoms with van der Waals surface area (Å²) in [7, 11) is 1.36. The number of carbonyl (C=O) groups excluding carboxylic acids is 1. The molecule has 20 heavy (non-hydrogen) atoms. The number of quaternary nitrogens is 1. The molecule has 0 bridgehead atoms. The van der Waals surface area contributed by atoms with E-state index < -0.39 is 16.3 Å². The van der Waals surface area contributed by atoms with Crippen molar-refractivity contribution in [1.82, 2.24) is 0 Å². The largest absolute Gasteiger partial charge is 0.744 e. The molecule has 0 aliphatic rings. The molecule has 8 heteroatoms. The summed E-state index contributed by atoms with van der Waals surface area (Å²) in [6.07, 6.45) is -0.879. The maximum absolute atomic E-state index is 11.3. The minimum atomic E-state index is -4.50. The van der Waals surface area contributed by atoms with Gasteiger partial charge in [0.05, 0.1) is 26.0 Å². The average molecular weight is 303 g/mol. The van der Waals surface area contributed by atoms with Crippen LogP contribution in [0.15, 0.2) is 29.2 Å². The van der Waals surface area contributed by atoms with Gasteiger partial charge < -0.3 is 18.5 Å². The first-order valence-electron chi connectivity index (χ1n) is 5.79. The third kappa shape index (κ3) is 6.00. The summed E-state index contributed by atoms with van der Waals surface area (Å²) in [4.78, 5) is 11.0. The molecule has 0 radical (unpaired) electrons. The Morgan fingerprint density at radius 2 is 1.75 bits per heavy atom. The summed E-state index contributed by atoms with van der Waals surface area (Å²) in [6.45, 7) is 0.831. The van der Waals surface area contributed by atoms with Crippen LogP contribution >= 0.6 is 0 Å². The van der Waals surface area contributed by atoms with Gasteiger partial charge in [-0.15, -0.1) is 0 Å². The van der Waals surface area contributed by atoms with Crippen molar-refractivity contribution in [3.63, 3.8) is 0 Å². The molecule has 0 amide bonds. The summed E-state index contributed by atoms with van der Waals surface area (Å²) in [5, 5.41) is 0. The van der Waals surface area contributed by atoms with E-state index in [1.165, 1.54) is 12.1 Å². The number of rotatable bonds is 5. The molecule has 1 aromatic carbocycles. The monoisotopic (exact) mass is 303 g/mol. The van der Waals surface area contributed by atoms with E-state index >= 15 is 0 Å². The number of nitrogens with zero attached hydrogens (tertiary/aromatic N) is 1. The van der Waals surface area contributed by atoms with Gasteiger partial charge in [-0.1, -0.05) is 0 Å². The van der Waals surface area contributed by atoms with Crippen LogP contribution in [-0.2, 0) is 14.9 Å². The normalized spacial score (nSPS) is 12.0. The summed E-state index contributed by atoms with van der Waals surface area (Å²) in [5.41, 5.74) is 0. The van der Waals surface area contributed by atoms with Crippen molar-refractivity contribution < 1.29 is 31.7 Å². The molecule has 1 aromatic rings. The molecule has 0 fully saturated rings. The molecule has 0 aliphatic heterocycles. The number of likely N-dealkylation sites (N-methyl/N-ethyl adjacent to an activating group) is 1. The van der Waals surface area contributed by atoms with Gasteiger partial charge in [0, 0.05) is 0 Å². The van der Waals surface area contributed by atoms with Gasteiger partial charge >= 0.3 is 6.16 Å². The molecule has 0 aromatic heterocycles. The maximum atomic E-state index is 11.3. The minimum absolute atomic E-state index is 0.104. The second-order valence-electron chi connectivity index (χ2n) is 5.14. The summed E-state index contributed by atoms with van der Waals surface area (Å²) in [6, 6.07) is 4.56. The zero-order valence-electron chi connectivity index (χ0n) is 11.5. The van der Waals surface area contributed by atoms with E-state index in [4.69, 9.17) is 9.47 Å². The highest BCUT2D eigenvalue weighted by Crippen LogP contribution is 2.16. The van der Waals surface area contributed by atoms with E-state index in [0.717, 1.165) is 12.1 Å². The molecule has 0 atom stereocenters. The van der Waals surface area contributed by atoms with Gasteiger partial charge in [-0.25, -0.2) is 13.2 Å². The number of carbonyl (C=O) groups is 1. The van der Waals surface area contributed by atoms with Crippen LogP contribution in [0.1, 0.15) is 0 Å². The van der Waals surface area contributed by atoms with E-state index in [1.54, 1.807) is 0 Å². The highest BCUT2D eigenvalue weighted by Gasteiger charge is 2.11. The van der Waals surface area contributed by atoms with Crippen molar-refractivity contribution in [1.29, 1.82) is 0 Å². The van der Waals surface area contributed by atoms with Gasteiger partial charge in [0.25, 0.3) is 0 Å². The van der Waals surface area contributed by atoms with E-state index in [0.29, 0.717) is 11.0 Å². The van der Waals surface area contributed by atoms with Crippen molar-refractivity contribution in [2.45, 2.75) is 4.90 Å². The van der Waals surface area contributed by atoms with Gasteiger partial charge in [0.15, 0.2) is 0 Å². The van der Waals surface area contributed by atoms with Crippen LogP contribution in [0.3, 0.4) is 0 Å². The number of benzene rings is 1. The van der Waals surface area contributed by atoms with Crippen molar-refractivity contribution in [3.8, 4) is 5.75 Å². The van der Waals surface area contributed by atoms with E-state index in [2.05, 4.69) is 0 Å². The lowest BCUT2D eigenvalue weighted by Gasteiger charge is -2.23. The molecule has 112 valence electrons. The second kappa shape index (κ2) is 6.21. The van der Waals surface area contributed by atoms with Crippen LogP contribution in [0.25, 0.3) is 0 Å². The Labute approximate surface area is 118 Å². The van der Waals surface area contributed by atoms with E-state index in [1.807, 2.05) is 21.1 Å². The molecular formula is C12H17NO6S. The molecule has 1 rings (SSSR count). The third-order valence-electron chi connectivity index (χ3n) is 2.30. The van der Waals surface area contributed by atoms with Gasteiger partial charge in [-0.2, -0.15) is 0 Å². The summed E-state index contributed by atoms with van der Waals surface area (Å²) in [5.74, 6) is 0.104. The first-order chi connectivity index (χ1) is 9.08. The van der Waals surface area contributed by atoms with Crippen molar-refractivity contribution in [3.05, 3.63) is 24.3 Å². The number of hydrogen-bond acceptors (Lipinski definition) is 6. The van der Waals surface area contributed by atoms with Gasteiger partial charge in [0.2, 0.25) is 0 Å². The minimum Gasteiger partial charge on any atom is -0.744 e. The molecule has 0 aliphatic carbocycles. The molecule has 0 saturated carbocycles. The maximum Gasteiger partial charge on any atom is 0.514 e. The molecule has 0 heterocycles. The molecular weight excluding hydrogens is 286 g/mol. The highest BCUT2D eigenvalue weighted by atomic mass is 32.2. The predicted molar refractivity (Wildman–Crippen MR) is 69.3 cm³/mol. The Morgan fingerprint density at radius 1 is 1.20 bits per heavy atom. The fourth-order valence-electron chi connectivity index (χ4n) is 1.20. The SMILES string of the molecule is C[N+](C)(C)CCOC(=O)Oc1ccc(S(=O)(=O)[O-])cc1. The molecule has 0 unspecified atom stereocenters. The quantitative estimate of drug-likeness (QED) is 0.346. The van der Waals surface area contributed by atoms with Crippen LogP contribution in [0, 0.1) is 0 Å². The lowest BCUT2D eigenvalue weighted by atomic mass is 10.3. The van der Waals surface area contributed by atoms with Crippen molar-refractivity contribution in [2.24, 2.45) is 0 Å². The zero-order valence-corrected chi connectivity index (χ0v) is 12.3. The van der Waals surface area contributed by atoms with E-state index in [9.17, 15) is 17.8 Å². The Balaban J connectivity index is 2.51. The lowest BCUT2D eigenvalue weighted by Crippen LogP contribution is -2.38. The Morgan fingerprint density at radius 3 is 2.20 bits per heavy atom. The average Bonchev–Trinajstić information content (AvgIpc) is 2.26. The lowest BCUT2D eigenvalue weighted by molar-refractivity contribution is -0.870. The summed E-state index contributed by atoms with van der Waals surface area (Å²) >= 11 is 0. The van der Waals surface area contributed by atoms with Crippen molar-refractivity contribution in [2.75, 3.05) is 34.3 Å². The van der Waals surface area contributed by atoms with Gasteiger partial charge in [-0.05, 0) is 24.3 Å². The topological polar surface area (TPSA) is 92.7 Å². The number of ether oxygens (including phenoxy) is 2. The molecule has 0 N–H and O–H groups in total. The predicted octanol–water partition coefficient (Wildman–Crippen LogP) is 0.812. The van der Waals surface area contributed by atoms with Crippen LogP contribution in [0.5, 0.6) is 5.75 Å². The summed E-state index contributed by atoms with van der Waals surface area (Å²) < 4.78 is 42.5. The van der Waals surface area contributed by atoms with Gasteiger partial charge in [-0.3, -0.25) is 0 Å². The first kappa shape index (κ1) is 16.4. The first-order valence-corrected chi connectivity index (χ1v) is 7.20. The molecule has 0 spiro atoms. The Bertz CT molecular complexity index is 559. The third-order valence-corrected chi connectivity index (χ3v) is 3.15. The van der Waals surface area contributed by atoms with Crippen LogP contribution < -0.4 is 4.74 Å². The smallest absolute Gasteiger partial charge is 0.514 e. The molecule has 0 saturated heterocycles. The highest BCUT2D eigenvalue weighted by molar-refractivity contribution is 7.85. The Kier molecular flexibility index (Phi) is 5.09. The van der Waals surface area contributed by atoms with Gasteiger partial charge in [0.1, 0.15) is 29.0 Å². The van der Waals surface area contributed by atoms with E-state index in [-0.39, 0.29) is 17.3 Å². The second-order valence-corrected chi connectivity index (χ2v) is 6.52. The van der Waals surface area contributed by atoms with Crippen LogP contribution in [0.2, 0.25) is 0 Å². The number of hydrogen-bond donors (Lipinski definition) is 0.